The van der Waals surface area contributed by atoms with Crippen LogP contribution < -0.4 is 10.1 Å². The molecule has 6 heteroatoms. The highest BCUT2D eigenvalue weighted by atomic mass is 19.4. The van der Waals surface area contributed by atoms with E-state index in [1.54, 1.807) is 19.2 Å². The molecule has 2 rings (SSSR count). The van der Waals surface area contributed by atoms with Crippen LogP contribution in [0.4, 0.5) is 17.6 Å². The van der Waals surface area contributed by atoms with Crippen LogP contribution in [-0.4, -0.2) is 13.4 Å². The number of rotatable bonds is 4. The zero-order chi connectivity index (χ0) is 15.5. The second-order valence-corrected chi connectivity index (χ2v) is 4.39. The minimum Gasteiger partial charge on any atom is -0.406 e. The van der Waals surface area contributed by atoms with Crippen LogP contribution in [0, 0.1) is 5.82 Å². The molecule has 1 atom stereocenters. The lowest BCUT2D eigenvalue weighted by molar-refractivity contribution is -0.274. The first-order valence-corrected chi connectivity index (χ1v) is 6.17. The van der Waals surface area contributed by atoms with Gasteiger partial charge in [0.25, 0.3) is 0 Å². The number of ether oxygens (including phenoxy) is 1. The van der Waals surface area contributed by atoms with Gasteiger partial charge >= 0.3 is 6.36 Å². The van der Waals surface area contributed by atoms with E-state index in [1.807, 2.05) is 0 Å². The molecule has 1 N–H and O–H groups in total. The number of hydrogen-bond acceptors (Lipinski definition) is 2. The molecule has 1 unspecified atom stereocenters. The predicted molar refractivity (Wildman–Crippen MR) is 70.4 cm³/mol. The van der Waals surface area contributed by atoms with Gasteiger partial charge in [-0.1, -0.05) is 24.3 Å². The molecule has 0 saturated heterocycles. The number of halogens is 4. The lowest BCUT2D eigenvalue weighted by Gasteiger charge is -2.18. The lowest BCUT2D eigenvalue weighted by Crippen LogP contribution is -2.19. The molecule has 2 aromatic rings. The molecule has 0 amide bonds. The third-order valence-electron chi connectivity index (χ3n) is 2.92. The summed E-state index contributed by atoms with van der Waals surface area (Å²) in [6, 6.07) is 11.2. The van der Waals surface area contributed by atoms with Gasteiger partial charge in [-0.25, -0.2) is 4.39 Å². The lowest BCUT2D eigenvalue weighted by atomic mass is 9.99. The average molecular weight is 299 g/mol. The smallest absolute Gasteiger partial charge is 0.406 e. The van der Waals surface area contributed by atoms with Gasteiger partial charge in [0.1, 0.15) is 11.6 Å². The third kappa shape index (κ3) is 4.19. The zero-order valence-electron chi connectivity index (χ0n) is 11.1. The van der Waals surface area contributed by atoms with Gasteiger partial charge in [0.15, 0.2) is 0 Å². The summed E-state index contributed by atoms with van der Waals surface area (Å²) in [6.45, 7) is 0. The van der Waals surface area contributed by atoms with Gasteiger partial charge in [-0.15, -0.1) is 13.2 Å². The van der Waals surface area contributed by atoms with E-state index in [1.165, 1.54) is 36.4 Å². The molecule has 0 aromatic heterocycles. The number of nitrogens with one attached hydrogen (secondary N) is 1. The van der Waals surface area contributed by atoms with Gasteiger partial charge in [0.2, 0.25) is 0 Å². The Balaban J connectivity index is 2.23. The van der Waals surface area contributed by atoms with Gasteiger partial charge in [-0.3, -0.25) is 0 Å². The molecule has 0 fully saturated rings. The second-order valence-electron chi connectivity index (χ2n) is 4.39. The van der Waals surface area contributed by atoms with Crippen molar-refractivity contribution < 1.29 is 22.3 Å². The Morgan fingerprint density at radius 2 is 1.67 bits per heavy atom. The van der Waals surface area contributed by atoms with E-state index in [0.29, 0.717) is 11.1 Å². The maximum absolute atomic E-state index is 13.3. The first-order chi connectivity index (χ1) is 9.89. The highest BCUT2D eigenvalue weighted by molar-refractivity contribution is 5.35. The summed E-state index contributed by atoms with van der Waals surface area (Å²) in [5.41, 5.74) is 1.39. The van der Waals surface area contributed by atoms with E-state index in [9.17, 15) is 17.6 Å². The molecule has 2 nitrogen and oxygen atoms in total. The molecule has 0 aliphatic carbocycles. The average Bonchev–Trinajstić information content (AvgIpc) is 2.40. The number of hydrogen-bond donors (Lipinski definition) is 1. The van der Waals surface area contributed by atoms with Crippen LogP contribution in [0.2, 0.25) is 0 Å². The molecule has 2 aromatic carbocycles. The summed E-state index contributed by atoms with van der Waals surface area (Å²) in [6.07, 6.45) is -4.72. The molecule has 0 heterocycles. The Labute approximate surface area is 119 Å². The SMILES string of the molecule is CNC(c1ccc(OC(F)(F)F)cc1)c1cccc(F)c1. The molecule has 0 saturated carbocycles. The summed E-state index contributed by atoms with van der Waals surface area (Å²) < 4.78 is 53.4. The van der Waals surface area contributed by atoms with Crippen LogP contribution in [0.5, 0.6) is 5.75 Å². The fraction of sp³-hybridized carbons (Fsp3) is 0.200. The van der Waals surface area contributed by atoms with E-state index in [2.05, 4.69) is 10.1 Å². The minimum absolute atomic E-state index is 0.291. The quantitative estimate of drug-likeness (QED) is 0.861. The van der Waals surface area contributed by atoms with Crippen LogP contribution >= 0.6 is 0 Å². The first-order valence-electron chi connectivity index (χ1n) is 6.17. The Morgan fingerprint density at radius 1 is 1.00 bits per heavy atom. The van der Waals surface area contributed by atoms with Crippen molar-refractivity contribution in [2.45, 2.75) is 12.4 Å². The molecule has 112 valence electrons. The Bertz CT molecular complexity index is 595. The molecular weight excluding hydrogens is 286 g/mol. The molecule has 0 spiro atoms. The summed E-state index contributed by atoms with van der Waals surface area (Å²) in [7, 11) is 1.69. The van der Waals surface area contributed by atoms with Crippen molar-refractivity contribution in [2.75, 3.05) is 7.05 Å². The Kier molecular flexibility index (Phi) is 4.47. The molecule has 0 aliphatic rings. The van der Waals surface area contributed by atoms with E-state index in [4.69, 9.17) is 0 Å². The van der Waals surface area contributed by atoms with Crippen molar-refractivity contribution in [3.05, 3.63) is 65.5 Å². The Hall–Kier alpha value is -2.08. The van der Waals surface area contributed by atoms with Crippen molar-refractivity contribution in [3.8, 4) is 5.75 Å². The maximum Gasteiger partial charge on any atom is 0.573 e. The Morgan fingerprint density at radius 3 is 2.19 bits per heavy atom. The van der Waals surface area contributed by atoms with Gasteiger partial charge in [0.05, 0.1) is 6.04 Å². The van der Waals surface area contributed by atoms with Crippen LogP contribution in [-0.2, 0) is 0 Å². The maximum atomic E-state index is 13.3. The highest BCUT2D eigenvalue weighted by Crippen LogP contribution is 2.27. The van der Waals surface area contributed by atoms with Gasteiger partial charge in [-0.05, 0) is 42.4 Å². The summed E-state index contributed by atoms with van der Waals surface area (Å²) >= 11 is 0. The standard InChI is InChI=1S/C15H13F4NO/c1-20-14(11-3-2-4-12(16)9-11)10-5-7-13(8-6-10)21-15(17,18)19/h2-9,14,20H,1H3. The predicted octanol–water partition coefficient (Wildman–Crippen LogP) is 4.03. The van der Waals surface area contributed by atoms with Crippen LogP contribution in [0.15, 0.2) is 48.5 Å². The van der Waals surface area contributed by atoms with Gasteiger partial charge in [-0.2, -0.15) is 0 Å². The van der Waals surface area contributed by atoms with Crippen molar-refractivity contribution in [1.29, 1.82) is 0 Å². The van der Waals surface area contributed by atoms with Crippen LogP contribution in [0.25, 0.3) is 0 Å². The summed E-state index contributed by atoms with van der Waals surface area (Å²) in [5.74, 6) is -0.662. The highest BCUT2D eigenvalue weighted by Gasteiger charge is 2.31. The van der Waals surface area contributed by atoms with Crippen molar-refractivity contribution in [2.24, 2.45) is 0 Å². The van der Waals surface area contributed by atoms with Crippen molar-refractivity contribution >= 4 is 0 Å². The molecular formula is C15H13F4NO. The van der Waals surface area contributed by atoms with E-state index in [-0.39, 0.29) is 17.6 Å². The van der Waals surface area contributed by atoms with E-state index in [0.717, 1.165) is 0 Å². The summed E-state index contributed by atoms with van der Waals surface area (Å²) in [4.78, 5) is 0. The first kappa shape index (κ1) is 15.3. The van der Waals surface area contributed by atoms with Gasteiger partial charge < -0.3 is 10.1 Å². The van der Waals surface area contributed by atoms with E-state index >= 15 is 0 Å². The van der Waals surface area contributed by atoms with Gasteiger partial charge in [0, 0.05) is 0 Å². The number of alkyl halides is 3. The minimum atomic E-state index is -4.72. The topological polar surface area (TPSA) is 21.3 Å². The number of benzene rings is 2. The van der Waals surface area contributed by atoms with E-state index < -0.39 is 6.36 Å². The van der Waals surface area contributed by atoms with Crippen LogP contribution in [0.1, 0.15) is 17.2 Å². The van der Waals surface area contributed by atoms with Crippen molar-refractivity contribution in [3.63, 3.8) is 0 Å². The normalized spacial score (nSPS) is 13.0. The molecule has 0 radical (unpaired) electrons. The molecule has 0 aliphatic heterocycles. The van der Waals surface area contributed by atoms with Crippen LogP contribution in [0.3, 0.4) is 0 Å². The zero-order valence-corrected chi connectivity index (χ0v) is 11.1. The third-order valence-corrected chi connectivity index (χ3v) is 2.92. The summed E-state index contributed by atoms with van der Waals surface area (Å²) in [5, 5.41) is 3.00. The fourth-order valence-corrected chi connectivity index (χ4v) is 2.07. The largest absolute Gasteiger partial charge is 0.573 e. The molecule has 21 heavy (non-hydrogen) atoms. The van der Waals surface area contributed by atoms with Crippen molar-refractivity contribution in [1.82, 2.24) is 5.32 Å². The second kappa shape index (κ2) is 6.13. The fourth-order valence-electron chi connectivity index (χ4n) is 2.07. The monoisotopic (exact) mass is 299 g/mol. The molecule has 0 bridgehead atoms.